The number of aromatic nitrogens is 2. The third-order valence-corrected chi connectivity index (χ3v) is 3.10. The van der Waals surface area contributed by atoms with E-state index < -0.39 is 0 Å². The van der Waals surface area contributed by atoms with Crippen molar-refractivity contribution in [2.75, 3.05) is 5.32 Å². The van der Waals surface area contributed by atoms with E-state index >= 15 is 0 Å². The second-order valence-electron chi connectivity index (χ2n) is 4.55. The molecule has 6 heteroatoms. The Morgan fingerprint density at radius 2 is 2.29 bits per heavy atom. The van der Waals surface area contributed by atoms with Gasteiger partial charge < -0.3 is 11.1 Å². The standard InChI is InChI=1S/C11H18N4O.ClH/c1-7-5-10(15(2)14-7)13-11(16)8-3-4-9(12)6-8;/h5,8-9H,3-4,6,12H2,1-2H3,(H,13,16);1H. The lowest BCUT2D eigenvalue weighted by atomic mass is 10.1. The van der Waals surface area contributed by atoms with E-state index in [1.165, 1.54) is 0 Å². The minimum atomic E-state index is 0. The molecule has 2 rings (SSSR count). The molecule has 1 aromatic rings. The van der Waals surface area contributed by atoms with E-state index in [1.54, 1.807) is 4.68 Å². The molecule has 96 valence electrons. The van der Waals surface area contributed by atoms with Gasteiger partial charge in [-0.3, -0.25) is 9.48 Å². The zero-order valence-electron chi connectivity index (χ0n) is 10.1. The summed E-state index contributed by atoms with van der Waals surface area (Å²) in [5.41, 5.74) is 6.70. The lowest BCUT2D eigenvalue weighted by Crippen LogP contribution is -2.24. The fourth-order valence-electron chi connectivity index (χ4n) is 2.21. The molecule has 0 aliphatic heterocycles. The largest absolute Gasteiger partial charge is 0.328 e. The number of hydrogen-bond acceptors (Lipinski definition) is 3. The van der Waals surface area contributed by atoms with Crippen molar-refractivity contribution in [3.05, 3.63) is 11.8 Å². The number of rotatable bonds is 2. The molecule has 0 saturated heterocycles. The maximum Gasteiger partial charge on any atom is 0.228 e. The van der Waals surface area contributed by atoms with Crippen molar-refractivity contribution < 1.29 is 4.79 Å². The number of carbonyl (C=O) groups excluding carboxylic acids is 1. The quantitative estimate of drug-likeness (QED) is 0.838. The predicted molar refractivity (Wildman–Crippen MR) is 69.1 cm³/mol. The van der Waals surface area contributed by atoms with Crippen LogP contribution in [0.2, 0.25) is 0 Å². The fourth-order valence-corrected chi connectivity index (χ4v) is 2.21. The van der Waals surface area contributed by atoms with Gasteiger partial charge in [-0.1, -0.05) is 0 Å². The van der Waals surface area contributed by atoms with Crippen LogP contribution in [0.1, 0.15) is 25.0 Å². The molecule has 0 radical (unpaired) electrons. The number of carbonyl (C=O) groups is 1. The zero-order chi connectivity index (χ0) is 11.7. The summed E-state index contributed by atoms with van der Waals surface area (Å²) in [4.78, 5) is 11.9. The number of nitrogens with one attached hydrogen (secondary N) is 1. The summed E-state index contributed by atoms with van der Waals surface area (Å²) in [5.74, 6) is 0.879. The fraction of sp³-hybridized carbons (Fsp3) is 0.636. The van der Waals surface area contributed by atoms with Gasteiger partial charge in [-0.2, -0.15) is 5.10 Å². The lowest BCUT2D eigenvalue weighted by Gasteiger charge is -2.10. The van der Waals surface area contributed by atoms with Gasteiger partial charge in [0.15, 0.2) is 0 Å². The number of nitrogens with zero attached hydrogens (tertiary/aromatic N) is 2. The topological polar surface area (TPSA) is 72.9 Å². The molecule has 0 aromatic carbocycles. The van der Waals surface area contributed by atoms with Gasteiger partial charge in [0, 0.05) is 25.1 Å². The Morgan fingerprint density at radius 3 is 2.76 bits per heavy atom. The third-order valence-electron chi connectivity index (χ3n) is 3.10. The average Bonchev–Trinajstić information content (AvgIpc) is 2.74. The summed E-state index contributed by atoms with van der Waals surface area (Å²) < 4.78 is 1.68. The summed E-state index contributed by atoms with van der Waals surface area (Å²) in [7, 11) is 1.82. The van der Waals surface area contributed by atoms with Crippen molar-refractivity contribution in [1.29, 1.82) is 0 Å². The van der Waals surface area contributed by atoms with Crippen molar-refractivity contribution in [2.45, 2.75) is 32.2 Å². The lowest BCUT2D eigenvalue weighted by molar-refractivity contribution is -0.119. The van der Waals surface area contributed by atoms with Crippen LogP contribution in [0.3, 0.4) is 0 Å². The summed E-state index contributed by atoms with van der Waals surface area (Å²) in [5, 5.41) is 7.08. The summed E-state index contributed by atoms with van der Waals surface area (Å²) >= 11 is 0. The third kappa shape index (κ3) is 3.20. The SMILES string of the molecule is Cc1cc(NC(=O)C2CCC(N)C2)n(C)n1.Cl. The van der Waals surface area contributed by atoms with E-state index in [0.29, 0.717) is 0 Å². The highest BCUT2D eigenvalue weighted by Crippen LogP contribution is 2.25. The Bertz CT molecular complexity index is 404. The maximum atomic E-state index is 11.9. The highest BCUT2D eigenvalue weighted by atomic mass is 35.5. The summed E-state index contributed by atoms with van der Waals surface area (Å²) in [6.07, 6.45) is 2.63. The van der Waals surface area contributed by atoms with Gasteiger partial charge >= 0.3 is 0 Å². The molecule has 1 amide bonds. The number of aryl methyl sites for hydroxylation is 2. The van der Waals surface area contributed by atoms with Gasteiger partial charge in [-0.15, -0.1) is 12.4 Å². The number of halogens is 1. The van der Waals surface area contributed by atoms with E-state index in [4.69, 9.17) is 5.73 Å². The molecule has 1 aromatic heterocycles. The minimum Gasteiger partial charge on any atom is -0.328 e. The Balaban J connectivity index is 0.00000144. The van der Waals surface area contributed by atoms with Crippen LogP contribution in [-0.2, 0) is 11.8 Å². The number of anilines is 1. The summed E-state index contributed by atoms with van der Waals surface area (Å²) in [6.45, 7) is 1.90. The minimum absolute atomic E-state index is 0. The molecular weight excluding hydrogens is 240 g/mol. The van der Waals surface area contributed by atoms with E-state index in [9.17, 15) is 4.79 Å². The number of nitrogens with two attached hydrogens (primary N) is 1. The molecule has 17 heavy (non-hydrogen) atoms. The monoisotopic (exact) mass is 258 g/mol. The van der Waals surface area contributed by atoms with Crippen molar-refractivity contribution in [3.63, 3.8) is 0 Å². The van der Waals surface area contributed by atoms with E-state index in [1.807, 2.05) is 20.0 Å². The van der Waals surface area contributed by atoms with Gasteiger partial charge in [0.05, 0.1) is 5.69 Å². The van der Waals surface area contributed by atoms with Crippen LogP contribution in [-0.4, -0.2) is 21.7 Å². The zero-order valence-corrected chi connectivity index (χ0v) is 11.0. The first-order valence-corrected chi connectivity index (χ1v) is 5.63. The van der Waals surface area contributed by atoms with Crippen LogP contribution in [0.5, 0.6) is 0 Å². The molecule has 0 spiro atoms. The highest BCUT2D eigenvalue weighted by molar-refractivity contribution is 5.92. The van der Waals surface area contributed by atoms with Crippen molar-refractivity contribution >= 4 is 24.1 Å². The normalized spacial score (nSPS) is 23.2. The first kappa shape index (κ1) is 14.0. The van der Waals surface area contributed by atoms with Crippen LogP contribution in [0.25, 0.3) is 0 Å². The van der Waals surface area contributed by atoms with E-state index in [0.717, 1.165) is 30.8 Å². The van der Waals surface area contributed by atoms with Gasteiger partial charge in [0.2, 0.25) is 5.91 Å². The Hall–Kier alpha value is -1.07. The van der Waals surface area contributed by atoms with Gasteiger partial charge in [-0.25, -0.2) is 0 Å². The molecule has 1 aliphatic carbocycles. The maximum absolute atomic E-state index is 11.9. The van der Waals surface area contributed by atoms with Gasteiger partial charge in [0.25, 0.3) is 0 Å². The Kier molecular flexibility index (Phi) is 4.54. The van der Waals surface area contributed by atoms with Gasteiger partial charge in [0.1, 0.15) is 5.82 Å². The molecule has 2 atom stereocenters. The molecule has 3 N–H and O–H groups in total. The highest BCUT2D eigenvalue weighted by Gasteiger charge is 2.28. The van der Waals surface area contributed by atoms with Crippen LogP contribution in [0.15, 0.2) is 6.07 Å². The number of hydrogen-bond donors (Lipinski definition) is 2. The smallest absolute Gasteiger partial charge is 0.228 e. The average molecular weight is 259 g/mol. The molecule has 1 aliphatic rings. The van der Waals surface area contributed by atoms with Crippen LogP contribution >= 0.6 is 12.4 Å². The van der Waals surface area contributed by atoms with Crippen LogP contribution < -0.4 is 11.1 Å². The van der Waals surface area contributed by atoms with Crippen LogP contribution in [0.4, 0.5) is 5.82 Å². The molecule has 0 bridgehead atoms. The molecule has 1 heterocycles. The van der Waals surface area contributed by atoms with E-state index in [2.05, 4.69) is 10.4 Å². The van der Waals surface area contributed by atoms with Crippen molar-refractivity contribution in [3.8, 4) is 0 Å². The molecular formula is C11H19ClN4O. The first-order valence-electron chi connectivity index (χ1n) is 5.63. The van der Waals surface area contributed by atoms with Gasteiger partial charge in [-0.05, 0) is 26.2 Å². The van der Waals surface area contributed by atoms with Crippen molar-refractivity contribution in [2.24, 2.45) is 18.7 Å². The summed E-state index contributed by atoms with van der Waals surface area (Å²) in [6, 6.07) is 2.05. The molecule has 5 nitrogen and oxygen atoms in total. The molecule has 1 fully saturated rings. The van der Waals surface area contributed by atoms with Crippen molar-refractivity contribution in [1.82, 2.24) is 9.78 Å². The predicted octanol–water partition coefficient (Wildman–Crippen LogP) is 1.22. The molecule has 1 saturated carbocycles. The first-order chi connectivity index (χ1) is 7.56. The Labute approximate surface area is 107 Å². The molecule has 2 unspecified atom stereocenters. The number of amides is 1. The Morgan fingerprint density at radius 1 is 1.59 bits per heavy atom. The van der Waals surface area contributed by atoms with E-state index in [-0.39, 0.29) is 30.3 Å². The second kappa shape index (κ2) is 5.51. The second-order valence-corrected chi connectivity index (χ2v) is 4.55. The van der Waals surface area contributed by atoms with Crippen LogP contribution in [0, 0.1) is 12.8 Å².